The maximum absolute atomic E-state index is 12.0. The first-order valence-electron chi connectivity index (χ1n) is 7.37. The highest BCUT2D eigenvalue weighted by Gasteiger charge is 2.18. The molecular formula is C17H20N2O4S. The summed E-state index contributed by atoms with van der Waals surface area (Å²) < 4.78 is 30.3. The molecule has 0 radical (unpaired) electrons. The minimum atomic E-state index is -3.49. The van der Waals surface area contributed by atoms with Crippen LogP contribution in [0.1, 0.15) is 6.42 Å². The van der Waals surface area contributed by atoms with Gasteiger partial charge in [-0.3, -0.25) is 9.10 Å². The molecule has 0 aliphatic carbocycles. The molecule has 1 amide bonds. The molecule has 1 N–H and O–H groups in total. The second-order valence-corrected chi connectivity index (χ2v) is 7.10. The molecule has 7 heteroatoms. The SMILES string of the molecule is COc1ccc(N(CCC(=O)Nc2ccccc2)S(C)(=O)=O)cc1. The number of carbonyl (C=O) groups excluding carboxylic acids is 1. The second-order valence-electron chi connectivity index (χ2n) is 5.20. The summed E-state index contributed by atoms with van der Waals surface area (Å²) in [6.07, 6.45) is 1.17. The standard InChI is InChI=1S/C17H20N2O4S/c1-23-16-10-8-15(9-11-16)19(24(2,21)22)13-12-17(20)18-14-6-4-3-5-7-14/h3-11H,12-13H2,1-2H3,(H,18,20). The molecule has 24 heavy (non-hydrogen) atoms. The maximum atomic E-state index is 12.0. The zero-order valence-corrected chi connectivity index (χ0v) is 14.4. The molecule has 2 aromatic rings. The molecule has 6 nitrogen and oxygen atoms in total. The molecule has 0 aromatic heterocycles. The Morgan fingerprint density at radius 3 is 2.25 bits per heavy atom. The summed E-state index contributed by atoms with van der Waals surface area (Å²) in [4.78, 5) is 12.0. The lowest BCUT2D eigenvalue weighted by Gasteiger charge is -2.22. The third kappa shape index (κ3) is 4.99. The van der Waals surface area contributed by atoms with Gasteiger partial charge in [-0.2, -0.15) is 0 Å². The molecule has 2 rings (SSSR count). The van der Waals surface area contributed by atoms with Gasteiger partial charge in [0.1, 0.15) is 5.75 Å². The van der Waals surface area contributed by atoms with Gasteiger partial charge in [0, 0.05) is 18.7 Å². The number of nitrogens with zero attached hydrogens (tertiary/aromatic N) is 1. The summed E-state index contributed by atoms with van der Waals surface area (Å²) in [6.45, 7) is 0.0594. The normalized spacial score (nSPS) is 10.9. The Hall–Kier alpha value is -2.54. The van der Waals surface area contributed by atoms with Gasteiger partial charge in [-0.15, -0.1) is 0 Å². The van der Waals surface area contributed by atoms with E-state index in [4.69, 9.17) is 4.74 Å². The number of sulfonamides is 1. The fourth-order valence-corrected chi connectivity index (χ4v) is 3.11. The van der Waals surface area contributed by atoms with Gasteiger partial charge in [0.2, 0.25) is 15.9 Å². The van der Waals surface area contributed by atoms with Gasteiger partial charge < -0.3 is 10.1 Å². The Bertz CT molecular complexity index is 774. The first-order chi connectivity index (χ1) is 11.4. The van der Waals surface area contributed by atoms with Crippen molar-refractivity contribution in [1.82, 2.24) is 0 Å². The van der Waals surface area contributed by atoms with Crippen molar-refractivity contribution in [1.29, 1.82) is 0 Å². The number of methoxy groups -OCH3 is 1. The summed E-state index contributed by atoms with van der Waals surface area (Å²) in [6, 6.07) is 15.7. The molecule has 2 aromatic carbocycles. The Balaban J connectivity index is 2.05. The first-order valence-corrected chi connectivity index (χ1v) is 9.21. The second kappa shape index (κ2) is 7.83. The van der Waals surface area contributed by atoms with Crippen LogP contribution in [0.3, 0.4) is 0 Å². The molecule has 0 saturated carbocycles. The lowest BCUT2D eigenvalue weighted by Crippen LogP contribution is -2.33. The van der Waals surface area contributed by atoms with E-state index in [-0.39, 0.29) is 18.9 Å². The summed E-state index contributed by atoms with van der Waals surface area (Å²) in [7, 11) is -1.95. The third-order valence-corrected chi connectivity index (χ3v) is 4.55. The van der Waals surface area contributed by atoms with Crippen LogP contribution in [0.15, 0.2) is 54.6 Å². The van der Waals surface area contributed by atoms with Crippen LogP contribution in [-0.2, 0) is 14.8 Å². The molecule has 0 saturated heterocycles. The zero-order chi connectivity index (χ0) is 17.6. The van der Waals surface area contributed by atoms with Crippen LogP contribution < -0.4 is 14.4 Å². The van der Waals surface area contributed by atoms with E-state index in [1.54, 1.807) is 36.4 Å². The van der Waals surface area contributed by atoms with E-state index in [1.807, 2.05) is 18.2 Å². The predicted molar refractivity (Wildman–Crippen MR) is 94.9 cm³/mol. The summed E-state index contributed by atoms with van der Waals surface area (Å²) >= 11 is 0. The van der Waals surface area contributed by atoms with Gasteiger partial charge >= 0.3 is 0 Å². The van der Waals surface area contributed by atoms with Crippen LogP contribution in [0.25, 0.3) is 0 Å². The maximum Gasteiger partial charge on any atom is 0.232 e. The fraction of sp³-hybridized carbons (Fsp3) is 0.235. The molecule has 0 spiro atoms. The number of hydrogen-bond donors (Lipinski definition) is 1. The zero-order valence-electron chi connectivity index (χ0n) is 13.6. The number of anilines is 2. The van der Waals surface area contributed by atoms with Gasteiger partial charge in [-0.05, 0) is 36.4 Å². The third-order valence-electron chi connectivity index (χ3n) is 3.36. The van der Waals surface area contributed by atoms with Gasteiger partial charge in [-0.25, -0.2) is 8.42 Å². The van der Waals surface area contributed by atoms with Crippen molar-refractivity contribution >= 4 is 27.3 Å². The number of benzene rings is 2. The average molecular weight is 348 g/mol. The van der Waals surface area contributed by atoms with Gasteiger partial charge in [0.05, 0.1) is 19.1 Å². The Labute approximate surface area is 142 Å². The number of para-hydroxylation sites is 1. The molecule has 0 aliphatic rings. The van der Waals surface area contributed by atoms with Crippen molar-refractivity contribution < 1.29 is 17.9 Å². The molecule has 0 heterocycles. The molecular weight excluding hydrogens is 328 g/mol. The van der Waals surface area contributed by atoms with Crippen LogP contribution in [0, 0.1) is 0 Å². The van der Waals surface area contributed by atoms with Crippen molar-refractivity contribution in [3.8, 4) is 5.75 Å². The van der Waals surface area contributed by atoms with Crippen molar-refractivity contribution in [2.45, 2.75) is 6.42 Å². The highest BCUT2D eigenvalue weighted by molar-refractivity contribution is 7.92. The molecule has 0 aliphatic heterocycles. The van der Waals surface area contributed by atoms with E-state index in [0.717, 1.165) is 6.26 Å². The van der Waals surface area contributed by atoms with Crippen LogP contribution in [-0.4, -0.2) is 34.2 Å². The van der Waals surface area contributed by atoms with E-state index in [1.165, 1.54) is 11.4 Å². The lowest BCUT2D eigenvalue weighted by molar-refractivity contribution is -0.116. The van der Waals surface area contributed by atoms with Crippen molar-refractivity contribution in [3.63, 3.8) is 0 Å². The molecule has 0 bridgehead atoms. The van der Waals surface area contributed by atoms with Crippen molar-refractivity contribution in [2.75, 3.05) is 29.5 Å². The number of ether oxygens (including phenoxy) is 1. The molecule has 0 unspecified atom stereocenters. The average Bonchev–Trinajstić information content (AvgIpc) is 2.55. The number of hydrogen-bond acceptors (Lipinski definition) is 4. The molecule has 0 atom stereocenters. The highest BCUT2D eigenvalue weighted by Crippen LogP contribution is 2.21. The quantitative estimate of drug-likeness (QED) is 0.834. The highest BCUT2D eigenvalue weighted by atomic mass is 32.2. The van der Waals surface area contributed by atoms with E-state index in [9.17, 15) is 13.2 Å². The number of nitrogens with one attached hydrogen (secondary N) is 1. The monoisotopic (exact) mass is 348 g/mol. The summed E-state index contributed by atoms with van der Waals surface area (Å²) in [5.74, 6) is 0.386. The van der Waals surface area contributed by atoms with Gasteiger partial charge in [-0.1, -0.05) is 18.2 Å². The number of carbonyl (C=O) groups is 1. The largest absolute Gasteiger partial charge is 0.497 e. The minimum Gasteiger partial charge on any atom is -0.497 e. The van der Waals surface area contributed by atoms with Gasteiger partial charge in [0.15, 0.2) is 0 Å². The summed E-state index contributed by atoms with van der Waals surface area (Å²) in [5.41, 5.74) is 1.17. The number of rotatable bonds is 7. The minimum absolute atomic E-state index is 0.0496. The van der Waals surface area contributed by atoms with E-state index in [2.05, 4.69) is 5.32 Å². The van der Waals surface area contributed by atoms with Crippen LogP contribution in [0.4, 0.5) is 11.4 Å². The van der Waals surface area contributed by atoms with E-state index < -0.39 is 10.0 Å². The van der Waals surface area contributed by atoms with E-state index in [0.29, 0.717) is 17.1 Å². The van der Waals surface area contributed by atoms with Gasteiger partial charge in [0.25, 0.3) is 0 Å². The van der Waals surface area contributed by atoms with E-state index >= 15 is 0 Å². The first kappa shape index (κ1) is 17.8. The number of amides is 1. The summed E-state index contributed by atoms with van der Waals surface area (Å²) in [5, 5.41) is 2.74. The molecule has 0 fully saturated rings. The van der Waals surface area contributed by atoms with Crippen LogP contribution >= 0.6 is 0 Å². The van der Waals surface area contributed by atoms with Crippen LogP contribution in [0.5, 0.6) is 5.75 Å². The Morgan fingerprint density at radius 2 is 1.71 bits per heavy atom. The smallest absolute Gasteiger partial charge is 0.232 e. The van der Waals surface area contributed by atoms with Crippen LogP contribution in [0.2, 0.25) is 0 Å². The van der Waals surface area contributed by atoms with Crippen molar-refractivity contribution in [2.24, 2.45) is 0 Å². The lowest BCUT2D eigenvalue weighted by atomic mass is 10.3. The topological polar surface area (TPSA) is 75.7 Å². The van der Waals surface area contributed by atoms with Crippen molar-refractivity contribution in [3.05, 3.63) is 54.6 Å². The molecule has 128 valence electrons. The Kier molecular flexibility index (Phi) is 5.81. The Morgan fingerprint density at radius 1 is 1.08 bits per heavy atom. The predicted octanol–water partition coefficient (Wildman–Crippen LogP) is 2.49. The fourth-order valence-electron chi connectivity index (χ4n) is 2.18.